The van der Waals surface area contributed by atoms with E-state index in [1.807, 2.05) is 30.3 Å². The number of nitrogens with zero attached hydrogens (tertiary/aromatic N) is 2. The molecule has 0 saturated carbocycles. The van der Waals surface area contributed by atoms with Gasteiger partial charge in [-0.2, -0.15) is 0 Å². The first-order chi connectivity index (χ1) is 14.1. The van der Waals surface area contributed by atoms with Crippen LogP contribution in [0, 0.1) is 0 Å². The summed E-state index contributed by atoms with van der Waals surface area (Å²) >= 11 is 6.18. The Kier molecular flexibility index (Phi) is 8.78. The van der Waals surface area contributed by atoms with Crippen LogP contribution in [0.3, 0.4) is 0 Å². The van der Waals surface area contributed by atoms with Crippen molar-refractivity contribution in [2.75, 3.05) is 30.4 Å². The molecule has 0 spiro atoms. The average Bonchev–Trinajstić information content (AvgIpc) is 2.67. The number of rotatable bonds is 10. The number of halogens is 1. The Hall–Kier alpha value is -2.00. The lowest BCUT2D eigenvalue weighted by molar-refractivity contribution is -0.121. The molecule has 1 aromatic heterocycles. The van der Waals surface area contributed by atoms with Gasteiger partial charge in [0.05, 0.1) is 13.2 Å². The van der Waals surface area contributed by atoms with Crippen LogP contribution in [0.5, 0.6) is 0 Å². The maximum atomic E-state index is 12.3. The largest absolute Gasteiger partial charge is 0.415 e. The number of carbonyl (C=O) groups is 1. The predicted molar refractivity (Wildman–Crippen MR) is 123 cm³/mol. The van der Waals surface area contributed by atoms with Crippen LogP contribution in [-0.4, -0.2) is 44.0 Å². The highest BCUT2D eigenvalue weighted by atomic mass is 35.5. The maximum Gasteiger partial charge on any atom is 0.250 e. The topological polar surface area (TPSA) is 85.4 Å². The number of amides is 1. The molecule has 1 amide bonds. The first-order valence-electron chi connectivity index (χ1n) is 9.90. The summed E-state index contributed by atoms with van der Waals surface area (Å²) in [6.45, 7) is 12.3. The summed E-state index contributed by atoms with van der Waals surface area (Å²) in [7, 11) is -1.82. The molecule has 2 rings (SSSR count). The molecule has 2 aromatic rings. The van der Waals surface area contributed by atoms with Crippen molar-refractivity contribution in [3.05, 3.63) is 47.4 Å². The zero-order valence-corrected chi connectivity index (χ0v) is 20.0. The molecular weight excluding hydrogens is 420 g/mol. The summed E-state index contributed by atoms with van der Waals surface area (Å²) < 4.78 is 11.6. The number of hydrogen-bond acceptors (Lipinski definition) is 6. The van der Waals surface area contributed by atoms with E-state index >= 15 is 0 Å². The molecule has 30 heavy (non-hydrogen) atoms. The van der Waals surface area contributed by atoms with E-state index in [1.165, 1.54) is 6.33 Å². The first-order valence-corrected chi connectivity index (χ1v) is 13.2. The van der Waals surface area contributed by atoms with E-state index in [1.54, 1.807) is 0 Å². The Morgan fingerprint density at radius 1 is 1.17 bits per heavy atom. The molecule has 0 fully saturated rings. The smallest absolute Gasteiger partial charge is 0.250 e. The molecule has 1 heterocycles. The van der Waals surface area contributed by atoms with Gasteiger partial charge in [-0.1, -0.05) is 62.7 Å². The quantitative estimate of drug-likeness (QED) is 0.309. The molecule has 0 bridgehead atoms. The summed E-state index contributed by atoms with van der Waals surface area (Å²) in [6.07, 6.45) is 1.35. The van der Waals surface area contributed by atoms with Crippen LogP contribution in [0.1, 0.15) is 26.3 Å². The van der Waals surface area contributed by atoms with Gasteiger partial charge in [0.1, 0.15) is 18.6 Å². The molecule has 0 aliphatic heterocycles. The Labute approximate surface area is 184 Å². The SMILES string of the molecule is CC(C)(C)[Si](C)(C)OCCNc1ncnc(Cl)c1NC(=O)COCc1ccccc1. The minimum atomic E-state index is -1.82. The van der Waals surface area contributed by atoms with E-state index in [4.69, 9.17) is 20.8 Å². The highest BCUT2D eigenvalue weighted by Crippen LogP contribution is 2.36. The van der Waals surface area contributed by atoms with E-state index in [2.05, 4.69) is 54.5 Å². The fourth-order valence-corrected chi connectivity index (χ4v) is 3.54. The summed E-state index contributed by atoms with van der Waals surface area (Å²) in [6, 6.07) is 9.65. The monoisotopic (exact) mass is 450 g/mol. The minimum absolute atomic E-state index is 0.103. The van der Waals surface area contributed by atoms with Crippen molar-refractivity contribution >= 4 is 37.3 Å². The zero-order valence-electron chi connectivity index (χ0n) is 18.3. The third kappa shape index (κ3) is 7.35. The Morgan fingerprint density at radius 3 is 2.53 bits per heavy atom. The molecule has 9 heteroatoms. The van der Waals surface area contributed by atoms with E-state index in [0.29, 0.717) is 31.3 Å². The lowest BCUT2D eigenvalue weighted by atomic mass is 10.2. The van der Waals surface area contributed by atoms with E-state index in [0.717, 1.165) is 5.56 Å². The van der Waals surface area contributed by atoms with Gasteiger partial charge in [-0.3, -0.25) is 4.79 Å². The molecule has 0 unspecified atom stereocenters. The maximum absolute atomic E-state index is 12.3. The number of benzene rings is 1. The van der Waals surface area contributed by atoms with Crippen LogP contribution in [0.25, 0.3) is 0 Å². The van der Waals surface area contributed by atoms with E-state index in [9.17, 15) is 4.79 Å². The number of carbonyl (C=O) groups excluding carboxylic acids is 1. The summed E-state index contributed by atoms with van der Waals surface area (Å²) in [5, 5.41) is 6.21. The molecule has 164 valence electrons. The molecule has 0 saturated heterocycles. The lowest BCUT2D eigenvalue weighted by Crippen LogP contribution is -2.41. The molecule has 2 N–H and O–H groups in total. The number of ether oxygens (including phenoxy) is 1. The van der Waals surface area contributed by atoms with Gasteiger partial charge in [0, 0.05) is 6.54 Å². The van der Waals surface area contributed by atoms with Gasteiger partial charge in [0.15, 0.2) is 19.3 Å². The van der Waals surface area contributed by atoms with Crippen LogP contribution < -0.4 is 10.6 Å². The van der Waals surface area contributed by atoms with Gasteiger partial charge in [-0.25, -0.2) is 9.97 Å². The number of aromatic nitrogens is 2. The van der Waals surface area contributed by atoms with Crippen LogP contribution in [0.4, 0.5) is 11.5 Å². The fraction of sp³-hybridized carbons (Fsp3) is 0.476. The van der Waals surface area contributed by atoms with Gasteiger partial charge in [-0.05, 0) is 23.7 Å². The first kappa shape index (κ1) is 24.3. The second-order valence-corrected chi connectivity index (χ2v) is 13.6. The summed E-state index contributed by atoms with van der Waals surface area (Å²) in [5.74, 6) is 0.119. The van der Waals surface area contributed by atoms with Crippen molar-refractivity contribution in [1.29, 1.82) is 0 Å². The number of hydrogen-bond donors (Lipinski definition) is 2. The van der Waals surface area contributed by atoms with Crippen LogP contribution >= 0.6 is 11.6 Å². The molecule has 1 aromatic carbocycles. The summed E-state index contributed by atoms with van der Waals surface area (Å²) in [4.78, 5) is 20.4. The normalized spacial score (nSPS) is 11.9. The second kappa shape index (κ2) is 10.9. The van der Waals surface area contributed by atoms with E-state index in [-0.39, 0.29) is 22.7 Å². The second-order valence-electron chi connectivity index (χ2n) is 8.45. The van der Waals surface area contributed by atoms with Crippen molar-refractivity contribution in [3.8, 4) is 0 Å². The molecule has 7 nitrogen and oxygen atoms in total. The third-order valence-electron chi connectivity index (χ3n) is 5.07. The molecule has 0 aliphatic rings. The average molecular weight is 451 g/mol. The van der Waals surface area contributed by atoms with E-state index < -0.39 is 8.32 Å². The van der Waals surface area contributed by atoms with Crippen molar-refractivity contribution in [3.63, 3.8) is 0 Å². The van der Waals surface area contributed by atoms with Crippen LogP contribution in [-0.2, 0) is 20.6 Å². The fourth-order valence-electron chi connectivity index (χ4n) is 2.31. The van der Waals surface area contributed by atoms with Gasteiger partial charge in [0.25, 0.3) is 5.91 Å². The van der Waals surface area contributed by atoms with Crippen molar-refractivity contribution in [2.24, 2.45) is 0 Å². The molecule has 0 radical (unpaired) electrons. The molecule has 0 atom stereocenters. The Morgan fingerprint density at radius 2 is 1.87 bits per heavy atom. The Bertz CT molecular complexity index is 829. The van der Waals surface area contributed by atoms with Gasteiger partial charge in [0.2, 0.25) is 0 Å². The highest BCUT2D eigenvalue weighted by molar-refractivity contribution is 6.74. The van der Waals surface area contributed by atoms with Crippen molar-refractivity contribution in [1.82, 2.24) is 9.97 Å². The van der Waals surface area contributed by atoms with Gasteiger partial charge >= 0.3 is 0 Å². The number of nitrogens with one attached hydrogen (secondary N) is 2. The number of anilines is 2. The summed E-state index contributed by atoms with van der Waals surface area (Å²) in [5.41, 5.74) is 1.33. The van der Waals surface area contributed by atoms with Gasteiger partial charge in [-0.15, -0.1) is 0 Å². The van der Waals surface area contributed by atoms with Crippen LogP contribution in [0.15, 0.2) is 36.7 Å². The standard InChI is InChI=1S/C21H31ClN4O3Si/c1-21(2,3)30(4,5)29-12-11-23-20-18(19(22)24-15-25-20)26-17(27)14-28-13-16-9-7-6-8-10-16/h6-10,15H,11-14H2,1-5H3,(H,26,27)(H,23,24,25). The van der Waals surface area contributed by atoms with Crippen LogP contribution in [0.2, 0.25) is 23.3 Å². The predicted octanol–water partition coefficient (Wildman–Crippen LogP) is 4.72. The molecular formula is C21H31ClN4O3Si. The molecule has 0 aliphatic carbocycles. The van der Waals surface area contributed by atoms with Gasteiger partial charge < -0.3 is 19.8 Å². The zero-order chi connectivity index (χ0) is 22.2. The minimum Gasteiger partial charge on any atom is -0.415 e. The third-order valence-corrected chi connectivity index (χ3v) is 9.90. The van der Waals surface area contributed by atoms with Crippen molar-refractivity contribution in [2.45, 2.75) is 45.5 Å². The van der Waals surface area contributed by atoms with Crippen molar-refractivity contribution < 1.29 is 14.0 Å². The lowest BCUT2D eigenvalue weighted by Gasteiger charge is -2.36. The highest BCUT2D eigenvalue weighted by Gasteiger charge is 2.36. The Balaban J connectivity index is 1.87.